The first-order valence-corrected chi connectivity index (χ1v) is 8.20. The predicted molar refractivity (Wildman–Crippen MR) is 76.9 cm³/mol. The van der Waals surface area contributed by atoms with Crippen LogP contribution >= 0.6 is 23.2 Å². The first kappa shape index (κ1) is 15.1. The van der Waals surface area contributed by atoms with Gasteiger partial charge in [-0.25, -0.2) is 13.4 Å². The Bertz CT molecular complexity index is 629. The number of fused-ring (bicyclic) bond motifs is 1. The smallest absolute Gasteiger partial charge is 0.221 e. The van der Waals surface area contributed by atoms with Crippen molar-refractivity contribution in [2.75, 3.05) is 0 Å². The Morgan fingerprint density at radius 3 is 2.47 bits per heavy atom. The van der Waals surface area contributed by atoms with Crippen LogP contribution in [0.2, 0.25) is 10.0 Å². The van der Waals surface area contributed by atoms with Crippen molar-refractivity contribution >= 4 is 33.2 Å². The van der Waals surface area contributed by atoms with Crippen molar-refractivity contribution < 1.29 is 8.42 Å². The SMILES string of the molecule is Cc1cc(Cl)c(Cl)c2c1C(C)N(C(C)C)NS2(=O)=O. The van der Waals surface area contributed by atoms with Crippen molar-refractivity contribution in [2.24, 2.45) is 0 Å². The Hall–Kier alpha value is -0.330. The van der Waals surface area contributed by atoms with Gasteiger partial charge in [-0.3, -0.25) is 0 Å². The molecule has 1 N–H and O–H groups in total. The number of benzene rings is 1. The lowest BCUT2D eigenvalue weighted by Crippen LogP contribution is -2.51. The third-order valence-electron chi connectivity index (χ3n) is 3.31. The van der Waals surface area contributed by atoms with E-state index in [1.54, 1.807) is 11.1 Å². The molecule has 106 valence electrons. The lowest BCUT2D eigenvalue weighted by atomic mass is 10.0. The molecule has 2 rings (SSSR count). The third kappa shape index (κ3) is 2.38. The second kappa shape index (κ2) is 4.90. The molecule has 1 atom stereocenters. The molecular weight excluding hydrogens is 307 g/mol. The molecule has 1 aliphatic rings. The molecule has 0 spiro atoms. The molecule has 0 saturated carbocycles. The van der Waals surface area contributed by atoms with Gasteiger partial charge in [-0.1, -0.05) is 23.2 Å². The van der Waals surface area contributed by atoms with Gasteiger partial charge >= 0.3 is 0 Å². The predicted octanol–water partition coefficient (Wildman–Crippen LogP) is 3.28. The Labute approximate surface area is 123 Å². The molecule has 7 heteroatoms. The number of hydrogen-bond donors (Lipinski definition) is 1. The minimum Gasteiger partial charge on any atom is -0.221 e. The second-order valence-electron chi connectivity index (χ2n) is 5.00. The molecule has 1 unspecified atom stereocenters. The van der Waals surface area contributed by atoms with E-state index in [4.69, 9.17) is 23.2 Å². The molecule has 0 fully saturated rings. The lowest BCUT2D eigenvalue weighted by Gasteiger charge is -2.39. The maximum Gasteiger partial charge on any atom is 0.255 e. The zero-order valence-corrected chi connectivity index (χ0v) is 13.5. The van der Waals surface area contributed by atoms with Crippen LogP contribution in [0.5, 0.6) is 0 Å². The van der Waals surface area contributed by atoms with Gasteiger partial charge < -0.3 is 0 Å². The summed E-state index contributed by atoms with van der Waals surface area (Å²) in [6, 6.07) is 1.64. The van der Waals surface area contributed by atoms with E-state index in [9.17, 15) is 8.42 Å². The van der Waals surface area contributed by atoms with Crippen LogP contribution in [0, 0.1) is 6.92 Å². The molecule has 0 amide bonds. The molecular formula is C12H16Cl2N2O2S. The minimum absolute atomic E-state index is 0.0341. The summed E-state index contributed by atoms with van der Waals surface area (Å²) in [5, 5.41) is 2.05. The molecule has 0 radical (unpaired) electrons. The summed E-state index contributed by atoms with van der Waals surface area (Å²) in [4.78, 5) is 2.66. The van der Waals surface area contributed by atoms with Crippen LogP contribution in [-0.2, 0) is 10.0 Å². The molecule has 0 aliphatic carbocycles. The van der Waals surface area contributed by atoms with Crippen LogP contribution in [-0.4, -0.2) is 19.5 Å². The van der Waals surface area contributed by atoms with Gasteiger partial charge in [0.2, 0.25) is 0 Å². The minimum atomic E-state index is -3.69. The van der Waals surface area contributed by atoms with Crippen LogP contribution in [0.25, 0.3) is 0 Å². The Balaban J connectivity index is 2.79. The maximum absolute atomic E-state index is 12.4. The first-order chi connectivity index (χ1) is 8.66. The van der Waals surface area contributed by atoms with E-state index < -0.39 is 10.0 Å². The standard InChI is InChI=1S/C12H16Cl2N2O2S/c1-6(2)16-8(4)10-7(3)5-9(13)11(14)12(10)19(17,18)15-16/h5-6,8,15H,1-4H3. The number of nitrogens with zero attached hydrogens (tertiary/aromatic N) is 1. The molecule has 0 saturated heterocycles. The average Bonchev–Trinajstić information content (AvgIpc) is 2.28. The van der Waals surface area contributed by atoms with Crippen molar-refractivity contribution in [2.45, 2.75) is 44.7 Å². The van der Waals surface area contributed by atoms with Crippen molar-refractivity contribution in [3.05, 3.63) is 27.2 Å². The quantitative estimate of drug-likeness (QED) is 0.863. The van der Waals surface area contributed by atoms with Crippen molar-refractivity contribution in [1.82, 2.24) is 9.84 Å². The van der Waals surface area contributed by atoms with E-state index in [1.165, 1.54) is 0 Å². The number of sulfonamides is 1. The Kier molecular flexibility index (Phi) is 3.88. The van der Waals surface area contributed by atoms with E-state index >= 15 is 0 Å². The first-order valence-electron chi connectivity index (χ1n) is 5.96. The van der Waals surface area contributed by atoms with Gasteiger partial charge in [0.05, 0.1) is 10.0 Å². The fourth-order valence-electron chi connectivity index (χ4n) is 2.47. The largest absolute Gasteiger partial charge is 0.255 e. The highest BCUT2D eigenvalue weighted by Crippen LogP contribution is 2.41. The van der Waals surface area contributed by atoms with E-state index in [0.717, 1.165) is 5.56 Å². The highest BCUT2D eigenvalue weighted by atomic mass is 35.5. The van der Waals surface area contributed by atoms with Gasteiger partial charge in [0.1, 0.15) is 4.90 Å². The summed E-state index contributed by atoms with van der Waals surface area (Å²) in [6.45, 7) is 7.64. The number of halogens is 2. The lowest BCUT2D eigenvalue weighted by molar-refractivity contribution is 0.126. The van der Waals surface area contributed by atoms with Crippen LogP contribution in [0.3, 0.4) is 0 Å². The molecule has 1 aliphatic heterocycles. The maximum atomic E-state index is 12.4. The monoisotopic (exact) mass is 322 g/mol. The van der Waals surface area contributed by atoms with E-state index in [0.29, 0.717) is 5.56 Å². The Morgan fingerprint density at radius 2 is 1.95 bits per heavy atom. The van der Waals surface area contributed by atoms with E-state index in [-0.39, 0.29) is 27.0 Å². The summed E-state index contributed by atoms with van der Waals surface area (Å²) in [5.41, 5.74) is 1.54. The van der Waals surface area contributed by atoms with Crippen molar-refractivity contribution in [3.63, 3.8) is 0 Å². The zero-order valence-electron chi connectivity index (χ0n) is 11.2. The summed E-state index contributed by atoms with van der Waals surface area (Å²) in [5.74, 6) is 0. The van der Waals surface area contributed by atoms with Crippen LogP contribution in [0.1, 0.15) is 37.9 Å². The fourth-order valence-corrected chi connectivity index (χ4v) is 4.95. The van der Waals surface area contributed by atoms with Gasteiger partial charge in [0.25, 0.3) is 10.0 Å². The van der Waals surface area contributed by atoms with Gasteiger partial charge in [-0.2, -0.15) is 0 Å². The van der Waals surface area contributed by atoms with E-state index in [2.05, 4.69) is 4.83 Å². The van der Waals surface area contributed by atoms with Crippen molar-refractivity contribution in [1.29, 1.82) is 0 Å². The van der Waals surface area contributed by atoms with Gasteiger partial charge in [-0.05, 0) is 44.9 Å². The fraction of sp³-hybridized carbons (Fsp3) is 0.500. The van der Waals surface area contributed by atoms with Gasteiger partial charge in [0, 0.05) is 12.1 Å². The summed E-state index contributed by atoms with van der Waals surface area (Å²) in [7, 11) is -3.69. The van der Waals surface area contributed by atoms with Gasteiger partial charge in [-0.15, -0.1) is 4.83 Å². The van der Waals surface area contributed by atoms with Crippen LogP contribution < -0.4 is 4.83 Å². The summed E-state index contributed by atoms with van der Waals surface area (Å²) < 4.78 is 24.7. The molecule has 19 heavy (non-hydrogen) atoms. The van der Waals surface area contributed by atoms with Crippen LogP contribution in [0.4, 0.5) is 0 Å². The summed E-state index contributed by atoms with van der Waals surface area (Å²) in [6.07, 6.45) is 0. The molecule has 0 aromatic heterocycles. The second-order valence-corrected chi connectivity index (χ2v) is 7.39. The summed E-state index contributed by atoms with van der Waals surface area (Å²) >= 11 is 12.1. The number of hydrazine groups is 1. The highest BCUT2D eigenvalue weighted by molar-refractivity contribution is 7.89. The molecule has 0 bridgehead atoms. The molecule has 1 aromatic carbocycles. The van der Waals surface area contributed by atoms with Crippen LogP contribution in [0.15, 0.2) is 11.0 Å². The molecule has 4 nitrogen and oxygen atoms in total. The average molecular weight is 323 g/mol. The third-order valence-corrected chi connectivity index (χ3v) is 5.62. The molecule has 1 aromatic rings. The number of nitrogens with one attached hydrogen (secondary N) is 1. The number of hydrogen-bond acceptors (Lipinski definition) is 3. The molecule has 1 heterocycles. The zero-order chi connectivity index (χ0) is 14.5. The number of aryl methyl sites for hydroxylation is 1. The number of rotatable bonds is 1. The highest BCUT2D eigenvalue weighted by Gasteiger charge is 2.38. The van der Waals surface area contributed by atoms with Gasteiger partial charge in [0.15, 0.2) is 0 Å². The normalized spacial score (nSPS) is 22.6. The topological polar surface area (TPSA) is 49.4 Å². The van der Waals surface area contributed by atoms with Crippen molar-refractivity contribution in [3.8, 4) is 0 Å². The Morgan fingerprint density at radius 1 is 1.37 bits per heavy atom. The van der Waals surface area contributed by atoms with E-state index in [1.807, 2.05) is 27.7 Å².